The zero-order chi connectivity index (χ0) is 47.1. The Kier molecular flexibility index (Phi) is 9.16. The second-order valence-corrected chi connectivity index (χ2v) is 27.2. The molecule has 0 radical (unpaired) electrons. The number of hydrogen-bond donors (Lipinski definition) is 0. The van der Waals surface area contributed by atoms with Gasteiger partial charge in [0, 0.05) is 63.5 Å². The predicted molar refractivity (Wildman–Crippen MR) is 297 cm³/mol. The normalized spacial score (nSPS) is 18.6. The van der Waals surface area contributed by atoms with E-state index in [1.807, 2.05) is 11.3 Å². The van der Waals surface area contributed by atoms with Gasteiger partial charge in [-0.25, -0.2) is 0 Å². The van der Waals surface area contributed by atoms with E-state index in [-0.39, 0.29) is 33.8 Å². The van der Waals surface area contributed by atoms with Gasteiger partial charge in [0.2, 0.25) is 0 Å². The fourth-order valence-electron chi connectivity index (χ4n) is 12.7. The molecule has 0 N–H and O–H groups in total. The summed E-state index contributed by atoms with van der Waals surface area (Å²) in [5.41, 5.74) is 21.3. The van der Waals surface area contributed by atoms with Crippen molar-refractivity contribution < 1.29 is 0 Å². The summed E-state index contributed by atoms with van der Waals surface area (Å²) in [5, 5.41) is 4.08. The summed E-state index contributed by atoms with van der Waals surface area (Å²) in [5.74, 6) is 0.397. The van der Waals surface area contributed by atoms with Crippen molar-refractivity contribution in [3.05, 3.63) is 136 Å². The lowest BCUT2D eigenvalue weighted by Gasteiger charge is -2.47. The van der Waals surface area contributed by atoms with Gasteiger partial charge < -0.3 is 9.80 Å². The highest BCUT2D eigenvalue weighted by molar-refractivity contribution is 7.33. The second kappa shape index (κ2) is 14.1. The van der Waals surface area contributed by atoms with E-state index in [4.69, 9.17) is 0 Å². The Bertz CT molecular complexity index is 3420. The Balaban J connectivity index is 1.23. The summed E-state index contributed by atoms with van der Waals surface area (Å²) in [7, 11) is 0. The Morgan fingerprint density at radius 1 is 0.537 bits per heavy atom. The summed E-state index contributed by atoms with van der Waals surface area (Å²) in [4.78, 5) is 5.43. The predicted octanol–water partition coefficient (Wildman–Crippen LogP) is 16.8. The van der Waals surface area contributed by atoms with Crippen LogP contribution in [0, 0.1) is 6.92 Å². The molecule has 0 saturated carbocycles. The number of nitrogens with zero attached hydrogens (tertiary/aromatic N) is 2. The largest absolute Gasteiger partial charge is 0.311 e. The maximum atomic E-state index is 2.72. The molecule has 0 spiro atoms. The molecule has 0 amide bonds. The third-order valence-corrected chi connectivity index (χ3v) is 19.5. The van der Waals surface area contributed by atoms with Crippen LogP contribution in [-0.4, -0.2) is 6.71 Å². The fraction of sp³-hybridized carbons (Fsp3) is 0.387. The SMILES string of the molecule is Cc1cc2c3c(c1)N(c1ccc4sc5ccccc5c4c1)c1c(sc4cc5c(cc14)C(C)(C)CCC5(C)C)B3c1cc3c(cc1N2c1cc(C(C)C)cc(C(C)(C)C)c1)C(C)(C)CCC3(C)C. The summed E-state index contributed by atoms with van der Waals surface area (Å²) in [6, 6.07) is 39.6. The van der Waals surface area contributed by atoms with Gasteiger partial charge >= 0.3 is 0 Å². The molecule has 2 aliphatic carbocycles. The Morgan fingerprint density at radius 2 is 1.13 bits per heavy atom. The van der Waals surface area contributed by atoms with Crippen LogP contribution in [-0.2, 0) is 27.1 Å². The minimum Gasteiger partial charge on any atom is -0.311 e. The highest BCUT2D eigenvalue weighted by atomic mass is 32.1. The second-order valence-electron chi connectivity index (χ2n) is 25.0. The van der Waals surface area contributed by atoms with Crippen LogP contribution in [0.1, 0.15) is 161 Å². The van der Waals surface area contributed by atoms with Crippen LogP contribution < -0.4 is 25.5 Å². The number of benzene rings is 6. The molecule has 340 valence electrons. The summed E-state index contributed by atoms with van der Waals surface area (Å²) >= 11 is 3.98. The van der Waals surface area contributed by atoms with Crippen molar-refractivity contribution >= 4 is 109 Å². The molecule has 67 heavy (non-hydrogen) atoms. The highest BCUT2D eigenvalue weighted by Gasteiger charge is 2.49. The molecule has 8 aromatic rings. The van der Waals surface area contributed by atoms with Crippen LogP contribution in [0.15, 0.2) is 97.1 Å². The van der Waals surface area contributed by atoms with E-state index in [1.54, 1.807) is 0 Å². The molecule has 4 aliphatic rings. The first-order valence-electron chi connectivity index (χ1n) is 25.1. The molecule has 0 fully saturated rings. The zero-order valence-corrected chi connectivity index (χ0v) is 44.1. The van der Waals surface area contributed by atoms with E-state index in [0.717, 1.165) is 0 Å². The molecule has 0 saturated heterocycles. The number of fused-ring (bicyclic) bond motifs is 11. The molecule has 2 aliphatic heterocycles. The Labute approximate surface area is 408 Å². The molecule has 2 nitrogen and oxygen atoms in total. The third kappa shape index (κ3) is 6.38. The minimum absolute atomic E-state index is 0.00968. The number of rotatable bonds is 3. The standard InChI is InChI=1S/C62H67BN2S2/c1-35(2)37-27-38(58(4,5)6)29-40(28-37)64-49-33-46-45(60(9,10)22-23-61(46,11)12)32-48(49)63-55-50(64)25-36(3)26-51(55)65(39-19-20-53-42(30-39)41-17-15-16-18-52(41)66-53)56-43-31-44-47(34-54(43)67-57(56)63)62(13,14)24-21-59(44,7)8/h15-20,25-35H,21-24H2,1-14H3. The summed E-state index contributed by atoms with van der Waals surface area (Å²) in [6.45, 7) is 34.2. The van der Waals surface area contributed by atoms with Gasteiger partial charge in [-0.1, -0.05) is 120 Å². The zero-order valence-electron chi connectivity index (χ0n) is 42.4. The van der Waals surface area contributed by atoms with E-state index in [0.29, 0.717) is 5.92 Å². The lowest BCUT2D eigenvalue weighted by Crippen LogP contribution is -2.61. The molecule has 2 aromatic heterocycles. The van der Waals surface area contributed by atoms with Crippen molar-refractivity contribution in [2.24, 2.45) is 0 Å². The van der Waals surface area contributed by atoms with Gasteiger partial charge in [-0.05, 0) is 182 Å². The number of thiophene rings is 2. The Hall–Kier alpha value is -4.84. The monoisotopic (exact) mass is 914 g/mol. The van der Waals surface area contributed by atoms with Gasteiger partial charge in [-0.3, -0.25) is 0 Å². The van der Waals surface area contributed by atoms with Crippen LogP contribution >= 0.6 is 22.7 Å². The van der Waals surface area contributed by atoms with Crippen LogP contribution in [0.5, 0.6) is 0 Å². The van der Waals surface area contributed by atoms with Gasteiger partial charge in [0.25, 0.3) is 6.71 Å². The van der Waals surface area contributed by atoms with E-state index in [2.05, 4.69) is 215 Å². The maximum Gasteiger partial charge on any atom is 0.264 e. The van der Waals surface area contributed by atoms with Crippen molar-refractivity contribution in [1.82, 2.24) is 0 Å². The van der Waals surface area contributed by atoms with Crippen molar-refractivity contribution in [3.63, 3.8) is 0 Å². The molecule has 0 atom stereocenters. The highest BCUT2D eigenvalue weighted by Crippen LogP contribution is 2.55. The lowest BCUT2D eigenvalue weighted by atomic mass is 9.35. The molecule has 0 unspecified atom stereocenters. The van der Waals surface area contributed by atoms with Crippen molar-refractivity contribution in [3.8, 4) is 0 Å². The molecule has 4 heterocycles. The summed E-state index contributed by atoms with van der Waals surface area (Å²) in [6.07, 6.45) is 4.77. The number of anilines is 6. The molecule has 0 bridgehead atoms. The first-order valence-corrected chi connectivity index (χ1v) is 26.8. The molecular formula is C62H67BN2S2. The van der Waals surface area contributed by atoms with Crippen molar-refractivity contribution in [2.75, 3.05) is 9.80 Å². The van der Waals surface area contributed by atoms with E-state index < -0.39 is 0 Å². The molecule has 12 rings (SSSR count). The minimum atomic E-state index is -0.00968. The average molecular weight is 915 g/mol. The van der Waals surface area contributed by atoms with Crippen LogP contribution in [0.25, 0.3) is 30.3 Å². The molecule has 6 aromatic carbocycles. The Morgan fingerprint density at radius 3 is 1.79 bits per heavy atom. The first kappa shape index (κ1) is 43.4. The lowest BCUT2D eigenvalue weighted by molar-refractivity contribution is 0.332. The maximum absolute atomic E-state index is 2.72. The molecular weight excluding hydrogens is 848 g/mol. The van der Waals surface area contributed by atoms with Gasteiger partial charge in [-0.15, -0.1) is 22.7 Å². The van der Waals surface area contributed by atoms with Crippen molar-refractivity contribution in [2.45, 2.75) is 156 Å². The fourth-order valence-corrected chi connectivity index (χ4v) is 15.1. The number of hydrogen-bond acceptors (Lipinski definition) is 4. The van der Waals surface area contributed by atoms with Gasteiger partial charge in [-0.2, -0.15) is 0 Å². The van der Waals surface area contributed by atoms with Crippen LogP contribution in [0.2, 0.25) is 0 Å². The van der Waals surface area contributed by atoms with E-state index in [1.165, 1.54) is 145 Å². The number of aryl methyl sites for hydroxylation is 1. The van der Waals surface area contributed by atoms with Gasteiger partial charge in [0.1, 0.15) is 0 Å². The smallest absolute Gasteiger partial charge is 0.264 e. The third-order valence-electron chi connectivity index (χ3n) is 17.1. The van der Waals surface area contributed by atoms with Crippen molar-refractivity contribution in [1.29, 1.82) is 0 Å². The van der Waals surface area contributed by atoms with Crippen LogP contribution in [0.4, 0.5) is 34.1 Å². The van der Waals surface area contributed by atoms with E-state index >= 15 is 0 Å². The quantitative estimate of drug-likeness (QED) is 0.163. The topological polar surface area (TPSA) is 6.48 Å². The first-order chi connectivity index (χ1) is 31.5. The van der Waals surface area contributed by atoms with Gasteiger partial charge in [0.15, 0.2) is 0 Å². The van der Waals surface area contributed by atoms with E-state index in [9.17, 15) is 0 Å². The average Bonchev–Trinajstić information content (AvgIpc) is 3.83. The van der Waals surface area contributed by atoms with Gasteiger partial charge in [0.05, 0.1) is 5.69 Å². The van der Waals surface area contributed by atoms with Crippen LogP contribution in [0.3, 0.4) is 0 Å². The molecule has 5 heteroatoms. The summed E-state index contributed by atoms with van der Waals surface area (Å²) < 4.78 is 5.57.